The minimum atomic E-state index is -0.485. The van der Waals surface area contributed by atoms with Crippen LogP contribution < -0.4 is 0 Å². The van der Waals surface area contributed by atoms with Crippen molar-refractivity contribution in [3.63, 3.8) is 0 Å². The number of hydrogen-bond acceptors (Lipinski definition) is 6. The smallest absolute Gasteiger partial charge is 0.270 e. The molecule has 1 aliphatic heterocycles. The monoisotopic (exact) mass is 369 g/mol. The van der Waals surface area contributed by atoms with Crippen LogP contribution in [-0.2, 0) is 4.74 Å². The molecular weight excluding hydrogens is 346 g/mol. The zero-order valence-corrected chi connectivity index (χ0v) is 15.2. The molecule has 2 atom stereocenters. The van der Waals surface area contributed by atoms with Crippen molar-refractivity contribution in [2.75, 3.05) is 26.3 Å². The topological polar surface area (TPSA) is 88.2 Å². The SMILES string of the molecule is C[C@H](N=Cc1cc([N+](=O)[O-])ccc1O)[C@@H](c1ccccc1)N1CCOCC1. The minimum Gasteiger partial charge on any atom is -0.507 e. The summed E-state index contributed by atoms with van der Waals surface area (Å²) in [5.41, 5.74) is 1.42. The molecule has 0 aromatic heterocycles. The van der Waals surface area contributed by atoms with Crippen LogP contribution in [-0.4, -0.2) is 53.5 Å². The van der Waals surface area contributed by atoms with Crippen LogP contribution in [0.4, 0.5) is 5.69 Å². The molecule has 0 saturated carbocycles. The maximum absolute atomic E-state index is 11.0. The molecule has 0 bridgehead atoms. The fourth-order valence-electron chi connectivity index (χ4n) is 3.34. The van der Waals surface area contributed by atoms with Crippen LogP contribution in [0.25, 0.3) is 0 Å². The average Bonchev–Trinajstić information content (AvgIpc) is 2.69. The largest absolute Gasteiger partial charge is 0.507 e. The van der Waals surface area contributed by atoms with Gasteiger partial charge in [0.1, 0.15) is 5.75 Å². The maximum atomic E-state index is 11.0. The number of ether oxygens (including phenoxy) is 1. The quantitative estimate of drug-likeness (QED) is 0.480. The third kappa shape index (κ3) is 4.69. The van der Waals surface area contributed by atoms with Gasteiger partial charge in [-0.3, -0.25) is 20.0 Å². The van der Waals surface area contributed by atoms with Crippen LogP contribution in [0.2, 0.25) is 0 Å². The van der Waals surface area contributed by atoms with E-state index in [1.807, 2.05) is 25.1 Å². The summed E-state index contributed by atoms with van der Waals surface area (Å²) < 4.78 is 5.47. The normalized spacial score (nSPS) is 17.7. The van der Waals surface area contributed by atoms with E-state index in [2.05, 4.69) is 22.0 Å². The summed E-state index contributed by atoms with van der Waals surface area (Å²) in [6.45, 7) is 5.03. The molecule has 0 unspecified atom stereocenters. The summed E-state index contributed by atoms with van der Waals surface area (Å²) in [7, 11) is 0. The first-order valence-electron chi connectivity index (χ1n) is 8.93. The Kier molecular flexibility index (Phi) is 6.16. The van der Waals surface area contributed by atoms with Gasteiger partial charge in [-0.25, -0.2) is 0 Å². The molecule has 1 N–H and O–H groups in total. The highest BCUT2D eigenvalue weighted by atomic mass is 16.6. The highest BCUT2D eigenvalue weighted by Crippen LogP contribution is 2.28. The molecule has 7 nitrogen and oxygen atoms in total. The van der Waals surface area contributed by atoms with Crippen molar-refractivity contribution in [1.82, 2.24) is 4.90 Å². The van der Waals surface area contributed by atoms with E-state index >= 15 is 0 Å². The molecule has 0 aliphatic carbocycles. The van der Waals surface area contributed by atoms with Gasteiger partial charge in [-0.15, -0.1) is 0 Å². The number of rotatable bonds is 6. The molecule has 27 heavy (non-hydrogen) atoms. The highest BCUT2D eigenvalue weighted by molar-refractivity contribution is 5.84. The first-order valence-corrected chi connectivity index (χ1v) is 8.93. The number of phenols is 1. The molecule has 0 amide bonds. The number of nitro groups is 1. The van der Waals surface area contributed by atoms with Crippen molar-refractivity contribution in [3.8, 4) is 5.75 Å². The fraction of sp³-hybridized carbons (Fsp3) is 0.350. The molecule has 3 rings (SSSR count). The Labute approximate surface area is 158 Å². The molecule has 1 aliphatic rings. The number of nitro benzene ring substituents is 1. The van der Waals surface area contributed by atoms with Gasteiger partial charge < -0.3 is 9.84 Å². The van der Waals surface area contributed by atoms with Gasteiger partial charge in [-0.05, 0) is 18.6 Å². The lowest BCUT2D eigenvalue weighted by molar-refractivity contribution is -0.384. The second kappa shape index (κ2) is 8.75. The van der Waals surface area contributed by atoms with Gasteiger partial charge in [0.05, 0.1) is 30.2 Å². The molecule has 2 aromatic carbocycles. The lowest BCUT2D eigenvalue weighted by Crippen LogP contribution is -2.42. The zero-order valence-electron chi connectivity index (χ0n) is 15.2. The summed E-state index contributed by atoms with van der Waals surface area (Å²) in [6.07, 6.45) is 1.52. The summed E-state index contributed by atoms with van der Waals surface area (Å²) in [6, 6.07) is 14.0. The Balaban J connectivity index is 1.86. The van der Waals surface area contributed by atoms with Crippen molar-refractivity contribution in [2.45, 2.75) is 19.0 Å². The standard InChI is InChI=1S/C20H23N3O4/c1-15(21-14-17-13-18(23(25)26)7-8-19(17)24)20(16-5-3-2-4-6-16)22-9-11-27-12-10-22/h2-8,13-15,20,24H,9-12H2,1H3/t15-,20-/m0/s1. The van der Waals surface area contributed by atoms with Crippen LogP contribution in [0.5, 0.6) is 5.75 Å². The molecular formula is C20H23N3O4. The minimum absolute atomic E-state index is 0.0285. The second-order valence-electron chi connectivity index (χ2n) is 6.52. The lowest BCUT2D eigenvalue weighted by atomic mass is 9.98. The Bertz CT molecular complexity index is 804. The number of phenolic OH excluding ortho intramolecular Hbond substituents is 1. The number of aromatic hydroxyl groups is 1. The van der Waals surface area contributed by atoms with Crippen molar-refractivity contribution in [1.29, 1.82) is 0 Å². The average molecular weight is 369 g/mol. The molecule has 0 spiro atoms. The van der Waals surface area contributed by atoms with Crippen LogP contribution in [0.1, 0.15) is 24.1 Å². The Morgan fingerprint density at radius 2 is 1.93 bits per heavy atom. The van der Waals surface area contributed by atoms with Gasteiger partial charge in [-0.1, -0.05) is 30.3 Å². The second-order valence-corrected chi connectivity index (χ2v) is 6.52. The van der Waals surface area contributed by atoms with E-state index in [0.717, 1.165) is 18.7 Å². The van der Waals surface area contributed by atoms with E-state index in [1.54, 1.807) is 0 Å². The van der Waals surface area contributed by atoms with E-state index in [9.17, 15) is 15.2 Å². The van der Waals surface area contributed by atoms with Crippen LogP contribution >= 0.6 is 0 Å². The molecule has 2 aromatic rings. The van der Waals surface area contributed by atoms with Gasteiger partial charge in [0.15, 0.2) is 0 Å². The Morgan fingerprint density at radius 3 is 2.59 bits per heavy atom. The molecule has 1 saturated heterocycles. The van der Waals surface area contributed by atoms with E-state index in [0.29, 0.717) is 18.8 Å². The number of nitrogens with zero attached hydrogens (tertiary/aromatic N) is 3. The zero-order chi connectivity index (χ0) is 19.2. The van der Waals surface area contributed by atoms with Gasteiger partial charge in [0.2, 0.25) is 0 Å². The van der Waals surface area contributed by atoms with Crippen molar-refractivity contribution in [3.05, 3.63) is 69.8 Å². The first-order chi connectivity index (χ1) is 13.1. The molecule has 7 heteroatoms. The van der Waals surface area contributed by atoms with Crippen LogP contribution in [0, 0.1) is 10.1 Å². The first kappa shape index (κ1) is 19.0. The predicted octanol–water partition coefficient (Wildman–Crippen LogP) is 3.18. The van der Waals surface area contributed by atoms with Crippen LogP contribution in [0.15, 0.2) is 53.5 Å². The van der Waals surface area contributed by atoms with Crippen molar-refractivity contribution in [2.24, 2.45) is 4.99 Å². The third-order valence-corrected chi connectivity index (χ3v) is 4.71. The van der Waals surface area contributed by atoms with E-state index < -0.39 is 4.92 Å². The van der Waals surface area contributed by atoms with E-state index in [1.165, 1.54) is 24.4 Å². The number of aliphatic imine (C=N–C) groups is 1. The van der Waals surface area contributed by atoms with Crippen molar-refractivity contribution >= 4 is 11.9 Å². The number of non-ortho nitro benzene ring substituents is 1. The molecule has 1 heterocycles. The summed E-state index contributed by atoms with van der Waals surface area (Å²) in [4.78, 5) is 17.4. The van der Waals surface area contributed by atoms with Crippen LogP contribution in [0.3, 0.4) is 0 Å². The number of benzene rings is 2. The predicted molar refractivity (Wildman–Crippen MR) is 103 cm³/mol. The van der Waals surface area contributed by atoms with Gasteiger partial charge in [0.25, 0.3) is 5.69 Å². The fourth-order valence-corrected chi connectivity index (χ4v) is 3.34. The van der Waals surface area contributed by atoms with Gasteiger partial charge >= 0.3 is 0 Å². The van der Waals surface area contributed by atoms with Crippen molar-refractivity contribution < 1.29 is 14.8 Å². The van der Waals surface area contributed by atoms with Gasteiger partial charge in [0, 0.05) is 37.0 Å². The molecule has 0 radical (unpaired) electrons. The number of morpholine rings is 1. The van der Waals surface area contributed by atoms with E-state index in [4.69, 9.17) is 4.74 Å². The summed E-state index contributed by atoms with van der Waals surface area (Å²) in [5, 5.41) is 21.0. The summed E-state index contributed by atoms with van der Waals surface area (Å²) in [5.74, 6) is -0.0285. The lowest BCUT2D eigenvalue weighted by Gasteiger charge is -2.37. The van der Waals surface area contributed by atoms with E-state index in [-0.39, 0.29) is 23.5 Å². The third-order valence-electron chi connectivity index (χ3n) is 4.71. The number of hydrogen-bond donors (Lipinski definition) is 1. The Hall–Kier alpha value is -2.77. The Morgan fingerprint density at radius 1 is 1.22 bits per heavy atom. The maximum Gasteiger partial charge on any atom is 0.270 e. The highest BCUT2D eigenvalue weighted by Gasteiger charge is 2.27. The summed E-state index contributed by atoms with van der Waals surface area (Å²) >= 11 is 0. The molecule has 142 valence electrons. The molecule has 1 fully saturated rings. The van der Waals surface area contributed by atoms with Gasteiger partial charge in [-0.2, -0.15) is 0 Å².